The average molecular weight is 590 g/mol. The molecule has 6 N–H and O–H groups in total. The molecule has 1 atom stereocenters. The van der Waals surface area contributed by atoms with Crippen molar-refractivity contribution in [2.45, 2.75) is 25.5 Å². The Morgan fingerprint density at radius 3 is 2.47 bits per heavy atom. The van der Waals surface area contributed by atoms with Crippen molar-refractivity contribution in [3.05, 3.63) is 66.6 Å². The van der Waals surface area contributed by atoms with Crippen LogP contribution in [0.25, 0.3) is 22.3 Å². The Balaban J connectivity index is 1.63. The Kier molecular flexibility index (Phi) is 11.6. The molecule has 0 saturated carbocycles. The van der Waals surface area contributed by atoms with Crippen LogP contribution < -0.4 is 30.7 Å². The maximum atomic E-state index is 10.9. The number of unbranched alkanes of at least 4 members (excludes halogenated alkanes) is 1. The first-order valence-corrected chi connectivity index (χ1v) is 14.2. The number of aliphatic carboxylic acids is 1. The second kappa shape index (κ2) is 15.8. The van der Waals surface area contributed by atoms with Crippen LogP contribution in [0.4, 0.5) is 11.4 Å². The van der Waals surface area contributed by atoms with Gasteiger partial charge >= 0.3 is 5.97 Å². The van der Waals surface area contributed by atoms with Crippen LogP contribution in [0.3, 0.4) is 0 Å². The standard InChI is InChI=1S/C31H39N7O5/c1-42-24-15-23(16-25(18-24)43-2)38(13-5-10-33-20-30(39)40)22-6-7-26-27(17-22)37-29(19-36-26)21-8-12-34-28(14-21)31(41)35-11-4-3-9-32/h6-8,12,14-19,31,33,35,41H,3-5,9-11,13,20,32H2,1-2H3,(H,39,40). The second-order valence-corrected chi connectivity index (χ2v) is 9.90. The number of nitrogens with zero attached hydrogens (tertiary/aromatic N) is 4. The van der Waals surface area contributed by atoms with Gasteiger partial charge < -0.3 is 35.6 Å². The minimum Gasteiger partial charge on any atom is -0.497 e. The van der Waals surface area contributed by atoms with Crippen molar-refractivity contribution in [1.29, 1.82) is 0 Å². The fraction of sp³-hybridized carbons (Fsp3) is 0.355. The van der Waals surface area contributed by atoms with Gasteiger partial charge in [0.25, 0.3) is 0 Å². The van der Waals surface area contributed by atoms with E-state index in [9.17, 15) is 9.90 Å². The van der Waals surface area contributed by atoms with E-state index in [-0.39, 0.29) is 6.54 Å². The predicted octanol–water partition coefficient (Wildman–Crippen LogP) is 3.23. The normalized spacial score (nSPS) is 11.8. The van der Waals surface area contributed by atoms with Gasteiger partial charge in [-0.3, -0.25) is 20.1 Å². The van der Waals surface area contributed by atoms with E-state index in [2.05, 4.69) is 25.5 Å². The molecule has 2 aromatic carbocycles. The smallest absolute Gasteiger partial charge is 0.317 e. The molecule has 2 aromatic heterocycles. The number of pyridine rings is 1. The number of benzene rings is 2. The number of rotatable bonds is 17. The van der Waals surface area contributed by atoms with Crippen molar-refractivity contribution in [2.24, 2.45) is 5.73 Å². The summed E-state index contributed by atoms with van der Waals surface area (Å²) in [7, 11) is 3.21. The SMILES string of the molecule is COc1cc(OC)cc(N(CCCNCC(=O)O)c2ccc3ncc(-c4ccnc(C(O)NCCCCN)c4)nc3c2)c1. The van der Waals surface area contributed by atoms with E-state index >= 15 is 0 Å². The average Bonchev–Trinajstić information content (AvgIpc) is 3.03. The largest absolute Gasteiger partial charge is 0.497 e. The number of hydrogen-bond donors (Lipinski definition) is 5. The monoisotopic (exact) mass is 589 g/mol. The highest BCUT2D eigenvalue weighted by molar-refractivity contribution is 5.83. The van der Waals surface area contributed by atoms with Crippen LogP contribution in [-0.4, -0.2) is 78.1 Å². The quantitative estimate of drug-likeness (QED) is 0.0902. The van der Waals surface area contributed by atoms with Crippen molar-refractivity contribution in [3.8, 4) is 22.8 Å². The lowest BCUT2D eigenvalue weighted by molar-refractivity contribution is -0.135. The van der Waals surface area contributed by atoms with Gasteiger partial charge in [0, 0.05) is 47.9 Å². The Morgan fingerprint density at radius 2 is 1.74 bits per heavy atom. The van der Waals surface area contributed by atoms with Gasteiger partial charge in [-0.05, 0) is 69.2 Å². The van der Waals surface area contributed by atoms with E-state index in [4.69, 9.17) is 25.3 Å². The van der Waals surface area contributed by atoms with Crippen LogP contribution in [0.5, 0.6) is 11.5 Å². The van der Waals surface area contributed by atoms with E-state index in [1.807, 2.05) is 42.5 Å². The number of carboxylic acids is 1. The summed E-state index contributed by atoms with van der Waals surface area (Å²) in [5.41, 5.74) is 10.6. The molecule has 0 aliphatic heterocycles. The van der Waals surface area contributed by atoms with Crippen molar-refractivity contribution in [1.82, 2.24) is 25.6 Å². The van der Waals surface area contributed by atoms with Gasteiger partial charge in [0.05, 0.1) is 49.4 Å². The first kappa shape index (κ1) is 31.6. The zero-order valence-electron chi connectivity index (χ0n) is 24.5. The molecule has 0 saturated heterocycles. The number of methoxy groups -OCH3 is 2. The number of ether oxygens (including phenoxy) is 2. The molecule has 228 valence electrons. The molecule has 12 nitrogen and oxygen atoms in total. The van der Waals surface area contributed by atoms with Gasteiger partial charge in [-0.2, -0.15) is 0 Å². The number of aromatic nitrogens is 3. The molecule has 0 aliphatic carbocycles. The summed E-state index contributed by atoms with van der Waals surface area (Å²) in [6.45, 7) is 2.27. The summed E-state index contributed by atoms with van der Waals surface area (Å²) in [4.78, 5) is 26.9. The van der Waals surface area contributed by atoms with Crippen LogP contribution in [0.1, 0.15) is 31.2 Å². The van der Waals surface area contributed by atoms with Gasteiger partial charge in [0.15, 0.2) is 0 Å². The van der Waals surface area contributed by atoms with Gasteiger partial charge in [-0.1, -0.05) is 0 Å². The summed E-state index contributed by atoms with van der Waals surface area (Å²) in [6.07, 6.45) is 4.88. The lowest BCUT2D eigenvalue weighted by Crippen LogP contribution is -2.27. The van der Waals surface area contributed by atoms with Gasteiger partial charge in [-0.25, -0.2) is 4.98 Å². The lowest BCUT2D eigenvalue weighted by atomic mass is 10.1. The van der Waals surface area contributed by atoms with E-state index in [1.54, 1.807) is 32.7 Å². The summed E-state index contributed by atoms with van der Waals surface area (Å²) < 4.78 is 11.0. The van der Waals surface area contributed by atoms with E-state index < -0.39 is 12.2 Å². The lowest BCUT2D eigenvalue weighted by Gasteiger charge is -2.26. The third-order valence-electron chi connectivity index (χ3n) is 6.82. The summed E-state index contributed by atoms with van der Waals surface area (Å²) in [6, 6.07) is 15.2. The minimum atomic E-state index is -0.906. The number of anilines is 2. The van der Waals surface area contributed by atoms with Crippen molar-refractivity contribution in [2.75, 3.05) is 51.8 Å². The number of aliphatic hydroxyl groups excluding tert-OH is 1. The number of nitrogens with one attached hydrogen (secondary N) is 2. The molecule has 2 heterocycles. The molecule has 4 rings (SSSR count). The third-order valence-corrected chi connectivity index (χ3v) is 6.82. The molecule has 0 radical (unpaired) electrons. The fourth-order valence-corrected chi connectivity index (χ4v) is 4.59. The summed E-state index contributed by atoms with van der Waals surface area (Å²) in [5.74, 6) is 0.402. The van der Waals surface area contributed by atoms with Gasteiger partial charge in [-0.15, -0.1) is 0 Å². The molecular formula is C31H39N7O5. The topological polar surface area (TPSA) is 168 Å². The van der Waals surface area contributed by atoms with Crippen LogP contribution in [0.2, 0.25) is 0 Å². The number of hydrogen-bond acceptors (Lipinski definition) is 11. The molecular weight excluding hydrogens is 550 g/mol. The second-order valence-electron chi connectivity index (χ2n) is 9.90. The number of carboxylic acid groups (broad SMARTS) is 1. The number of carbonyl (C=O) groups is 1. The number of aliphatic hydroxyl groups is 1. The Bertz CT molecular complexity index is 1480. The highest BCUT2D eigenvalue weighted by Gasteiger charge is 2.15. The zero-order valence-corrected chi connectivity index (χ0v) is 24.5. The maximum Gasteiger partial charge on any atom is 0.317 e. The van der Waals surface area contributed by atoms with E-state index in [1.165, 1.54) is 0 Å². The summed E-state index contributed by atoms with van der Waals surface area (Å²) >= 11 is 0. The zero-order chi connectivity index (χ0) is 30.6. The minimum absolute atomic E-state index is 0.0978. The summed E-state index contributed by atoms with van der Waals surface area (Å²) in [5, 5.41) is 25.5. The first-order valence-electron chi connectivity index (χ1n) is 14.2. The molecule has 12 heteroatoms. The van der Waals surface area contributed by atoms with Crippen molar-refractivity contribution >= 4 is 28.4 Å². The van der Waals surface area contributed by atoms with Crippen molar-refractivity contribution in [3.63, 3.8) is 0 Å². The maximum absolute atomic E-state index is 10.9. The van der Waals surface area contributed by atoms with Crippen LogP contribution in [0.15, 0.2) is 60.9 Å². The Labute approximate surface area is 250 Å². The van der Waals surface area contributed by atoms with Gasteiger partial charge in [0.1, 0.15) is 17.7 Å². The molecule has 0 bridgehead atoms. The van der Waals surface area contributed by atoms with E-state index in [0.29, 0.717) is 61.0 Å². The molecule has 1 unspecified atom stereocenters. The highest BCUT2D eigenvalue weighted by atomic mass is 16.5. The number of fused-ring (bicyclic) bond motifs is 1. The van der Waals surface area contributed by atoms with Crippen LogP contribution >= 0.6 is 0 Å². The van der Waals surface area contributed by atoms with Crippen LogP contribution in [0, 0.1) is 0 Å². The van der Waals surface area contributed by atoms with Crippen LogP contribution in [-0.2, 0) is 4.79 Å². The number of nitrogens with two attached hydrogens (primary N) is 1. The third kappa shape index (κ3) is 8.82. The molecule has 0 amide bonds. The molecule has 0 fully saturated rings. The van der Waals surface area contributed by atoms with Crippen molar-refractivity contribution < 1.29 is 24.5 Å². The molecule has 43 heavy (non-hydrogen) atoms. The predicted molar refractivity (Wildman–Crippen MR) is 166 cm³/mol. The van der Waals surface area contributed by atoms with E-state index in [0.717, 1.165) is 35.3 Å². The molecule has 4 aromatic rings. The Hall–Kier alpha value is -4.36. The molecule has 0 spiro atoms. The molecule has 0 aliphatic rings. The first-order chi connectivity index (χ1) is 20.9. The fourth-order valence-electron chi connectivity index (χ4n) is 4.59. The van der Waals surface area contributed by atoms with Gasteiger partial charge in [0.2, 0.25) is 0 Å². The highest BCUT2D eigenvalue weighted by Crippen LogP contribution is 2.34. The Morgan fingerprint density at radius 1 is 0.953 bits per heavy atom.